The quantitative estimate of drug-likeness (QED) is 0.796. The number of rotatable bonds is 7. The molecule has 0 spiro atoms. The molecule has 2 N–H and O–H groups in total. The highest BCUT2D eigenvalue weighted by atomic mass is 16.7. The van der Waals surface area contributed by atoms with Crippen molar-refractivity contribution in [2.45, 2.75) is 38.6 Å². The first-order valence-corrected chi connectivity index (χ1v) is 6.98. The number of nitrogens with one attached hydrogen (secondary N) is 1. The predicted molar refractivity (Wildman–Crippen MR) is 74.8 cm³/mol. The Morgan fingerprint density at radius 2 is 2.20 bits per heavy atom. The lowest BCUT2D eigenvalue weighted by Crippen LogP contribution is -2.32. The minimum Gasteiger partial charge on any atom is -0.454 e. The van der Waals surface area contributed by atoms with E-state index in [4.69, 9.17) is 14.6 Å². The summed E-state index contributed by atoms with van der Waals surface area (Å²) in [6.07, 6.45) is 2.63. The molecule has 1 aromatic carbocycles. The Morgan fingerprint density at radius 3 is 3.00 bits per heavy atom. The lowest BCUT2D eigenvalue weighted by molar-refractivity contribution is -0.121. The zero-order valence-electron chi connectivity index (χ0n) is 11.7. The van der Waals surface area contributed by atoms with Gasteiger partial charge in [0.1, 0.15) is 0 Å². The topological polar surface area (TPSA) is 67.8 Å². The molecule has 1 aliphatic rings. The molecule has 0 aliphatic carbocycles. The van der Waals surface area contributed by atoms with E-state index in [2.05, 4.69) is 5.32 Å². The molecule has 2 rings (SSSR count). The van der Waals surface area contributed by atoms with Crippen LogP contribution in [0.5, 0.6) is 11.5 Å². The zero-order chi connectivity index (χ0) is 14.4. The van der Waals surface area contributed by atoms with Crippen LogP contribution in [0.4, 0.5) is 0 Å². The first kappa shape index (κ1) is 14.7. The van der Waals surface area contributed by atoms with E-state index in [-0.39, 0.29) is 25.3 Å². The van der Waals surface area contributed by atoms with Crippen LogP contribution in [0.1, 0.15) is 31.7 Å². The molecule has 20 heavy (non-hydrogen) atoms. The van der Waals surface area contributed by atoms with Crippen LogP contribution in [-0.4, -0.2) is 30.5 Å². The lowest BCUT2D eigenvalue weighted by atomic mass is 10.1. The average molecular weight is 279 g/mol. The van der Waals surface area contributed by atoms with Gasteiger partial charge in [-0.05, 0) is 43.9 Å². The van der Waals surface area contributed by atoms with E-state index in [1.54, 1.807) is 0 Å². The highest BCUT2D eigenvalue weighted by Gasteiger charge is 2.14. The summed E-state index contributed by atoms with van der Waals surface area (Å²) >= 11 is 0. The predicted octanol–water partition coefficient (Wildman–Crippen LogP) is 1.63. The third-order valence-electron chi connectivity index (χ3n) is 3.28. The molecule has 1 unspecified atom stereocenters. The fourth-order valence-electron chi connectivity index (χ4n) is 2.17. The van der Waals surface area contributed by atoms with Crippen LogP contribution in [0, 0.1) is 0 Å². The second kappa shape index (κ2) is 7.14. The Labute approximate surface area is 118 Å². The van der Waals surface area contributed by atoms with Crippen LogP contribution >= 0.6 is 0 Å². The van der Waals surface area contributed by atoms with Gasteiger partial charge in [-0.25, -0.2) is 0 Å². The monoisotopic (exact) mass is 279 g/mol. The largest absolute Gasteiger partial charge is 0.454 e. The van der Waals surface area contributed by atoms with E-state index in [1.807, 2.05) is 25.1 Å². The van der Waals surface area contributed by atoms with Crippen molar-refractivity contribution in [1.29, 1.82) is 0 Å². The van der Waals surface area contributed by atoms with Gasteiger partial charge in [0.25, 0.3) is 0 Å². The fraction of sp³-hybridized carbons (Fsp3) is 0.533. The smallest absolute Gasteiger partial charge is 0.231 e. The molecular formula is C15H21NO4. The SMILES string of the molecule is CC(CCCO)NC(=O)CCc1ccc2c(c1)OCO2. The van der Waals surface area contributed by atoms with Crippen molar-refractivity contribution in [2.75, 3.05) is 13.4 Å². The summed E-state index contributed by atoms with van der Waals surface area (Å²) in [6, 6.07) is 5.85. The van der Waals surface area contributed by atoms with Gasteiger partial charge in [0.2, 0.25) is 12.7 Å². The summed E-state index contributed by atoms with van der Waals surface area (Å²) in [7, 11) is 0. The number of benzene rings is 1. The van der Waals surface area contributed by atoms with Crippen molar-refractivity contribution in [1.82, 2.24) is 5.32 Å². The molecule has 0 aromatic heterocycles. The van der Waals surface area contributed by atoms with Gasteiger partial charge in [-0.15, -0.1) is 0 Å². The number of ether oxygens (including phenoxy) is 2. The number of fused-ring (bicyclic) bond motifs is 1. The highest BCUT2D eigenvalue weighted by molar-refractivity contribution is 5.76. The molecule has 1 heterocycles. The number of aliphatic hydroxyl groups is 1. The molecule has 0 bridgehead atoms. The van der Waals surface area contributed by atoms with Gasteiger partial charge in [-0.2, -0.15) is 0 Å². The van der Waals surface area contributed by atoms with Crippen molar-refractivity contribution < 1.29 is 19.4 Å². The molecule has 5 heteroatoms. The standard InChI is InChI=1S/C15H21NO4/c1-11(3-2-8-17)16-15(18)7-5-12-4-6-13-14(9-12)20-10-19-13/h4,6,9,11,17H,2-3,5,7-8,10H2,1H3,(H,16,18). The highest BCUT2D eigenvalue weighted by Crippen LogP contribution is 2.32. The van der Waals surface area contributed by atoms with Gasteiger partial charge in [0, 0.05) is 19.1 Å². The van der Waals surface area contributed by atoms with Crippen molar-refractivity contribution in [3.63, 3.8) is 0 Å². The van der Waals surface area contributed by atoms with Gasteiger partial charge in [0.15, 0.2) is 11.5 Å². The molecular weight excluding hydrogens is 258 g/mol. The summed E-state index contributed by atoms with van der Waals surface area (Å²) in [6.45, 7) is 2.38. The van der Waals surface area contributed by atoms with Gasteiger partial charge in [-0.3, -0.25) is 4.79 Å². The van der Waals surface area contributed by atoms with Crippen LogP contribution < -0.4 is 14.8 Å². The van der Waals surface area contributed by atoms with Gasteiger partial charge in [0.05, 0.1) is 0 Å². The Kier molecular flexibility index (Phi) is 5.24. The second-order valence-electron chi connectivity index (χ2n) is 5.02. The summed E-state index contributed by atoms with van der Waals surface area (Å²) < 4.78 is 10.6. The van der Waals surface area contributed by atoms with E-state index in [0.717, 1.165) is 23.5 Å². The normalized spacial score (nSPS) is 14.1. The molecule has 1 aliphatic heterocycles. The summed E-state index contributed by atoms with van der Waals surface area (Å²) in [5, 5.41) is 11.7. The van der Waals surface area contributed by atoms with Crippen LogP contribution in [0.15, 0.2) is 18.2 Å². The minimum absolute atomic E-state index is 0.0353. The second-order valence-corrected chi connectivity index (χ2v) is 5.02. The number of carbonyl (C=O) groups excluding carboxylic acids is 1. The number of aryl methyl sites for hydroxylation is 1. The van der Waals surface area contributed by atoms with Crippen molar-refractivity contribution in [2.24, 2.45) is 0 Å². The van der Waals surface area contributed by atoms with E-state index >= 15 is 0 Å². The van der Waals surface area contributed by atoms with Crippen LogP contribution in [-0.2, 0) is 11.2 Å². The third-order valence-corrected chi connectivity index (χ3v) is 3.28. The first-order chi connectivity index (χ1) is 9.69. The Morgan fingerprint density at radius 1 is 1.40 bits per heavy atom. The molecule has 0 radical (unpaired) electrons. The molecule has 0 saturated carbocycles. The van der Waals surface area contributed by atoms with Crippen LogP contribution in [0.3, 0.4) is 0 Å². The van der Waals surface area contributed by atoms with E-state index in [9.17, 15) is 4.79 Å². The molecule has 1 atom stereocenters. The lowest BCUT2D eigenvalue weighted by Gasteiger charge is -2.13. The van der Waals surface area contributed by atoms with Crippen molar-refractivity contribution in [3.05, 3.63) is 23.8 Å². The fourth-order valence-corrected chi connectivity index (χ4v) is 2.17. The molecule has 0 fully saturated rings. The van der Waals surface area contributed by atoms with E-state index in [0.29, 0.717) is 19.3 Å². The van der Waals surface area contributed by atoms with Crippen molar-refractivity contribution >= 4 is 5.91 Å². The molecule has 110 valence electrons. The Balaban J connectivity index is 1.76. The van der Waals surface area contributed by atoms with Crippen molar-refractivity contribution in [3.8, 4) is 11.5 Å². The van der Waals surface area contributed by atoms with Crippen LogP contribution in [0.2, 0.25) is 0 Å². The zero-order valence-corrected chi connectivity index (χ0v) is 11.7. The molecule has 0 saturated heterocycles. The Bertz CT molecular complexity index is 461. The number of carbonyl (C=O) groups is 1. The number of hydrogen-bond acceptors (Lipinski definition) is 4. The van der Waals surface area contributed by atoms with E-state index in [1.165, 1.54) is 0 Å². The third kappa shape index (κ3) is 4.13. The van der Waals surface area contributed by atoms with Crippen LogP contribution in [0.25, 0.3) is 0 Å². The molecule has 1 aromatic rings. The van der Waals surface area contributed by atoms with Gasteiger partial charge < -0.3 is 19.9 Å². The maximum Gasteiger partial charge on any atom is 0.231 e. The number of aliphatic hydroxyl groups excluding tert-OH is 1. The molecule has 5 nitrogen and oxygen atoms in total. The maximum absolute atomic E-state index is 11.8. The minimum atomic E-state index is 0.0353. The number of hydrogen-bond donors (Lipinski definition) is 2. The van der Waals surface area contributed by atoms with E-state index < -0.39 is 0 Å². The summed E-state index contributed by atoms with van der Waals surface area (Å²) in [5.74, 6) is 1.54. The maximum atomic E-state index is 11.8. The summed E-state index contributed by atoms with van der Waals surface area (Å²) in [5.41, 5.74) is 1.06. The average Bonchev–Trinajstić information content (AvgIpc) is 2.90. The first-order valence-electron chi connectivity index (χ1n) is 6.98. The number of amides is 1. The van der Waals surface area contributed by atoms with Gasteiger partial charge in [-0.1, -0.05) is 6.07 Å². The molecule has 1 amide bonds. The van der Waals surface area contributed by atoms with Gasteiger partial charge >= 0.3 is 0 Å². The summed E-state index contributed by atoms with van der Waals surface area (Å²) in [4.78, 5) is 11.8. The Hall–Kier alpha value is -1.75.